The molecular weight excluding hydrogens is 162 g/mol. The van der Waals surface area contributed by atoms with Crippen LogP contribution in [-0.2, 0) is 0 Å². The summed E-state index contributed by atoms with van der Waals surface area (Å²) in [6.45, 7) is -0.185. The first-order chi connectivity index (χ1) is 5.75. The van der Waals surface area contributed by atoms with Crippen molar-refractivity contribution >= 4 is 6.08 Å². The summed E-state index contributed by atoms with van der Waals surface area (Å²) in [7, 11) is 0. The molecule has 0 spiro atoms. The second-order valence-electron chi connectivity index (χ2n) is 2.23. The van der Waals surface area contributed by atoms with Gasteiger partial charge in [0.1, 0.15) is 0 Å². The molecule has 64 valence electrons. The molecule has 0 bridgehead atoms. The number of hydrogen-bond acceptors (Lipinski definition) is 1. The highest BCUT2D eigenvalue weighted by Gasteiger charge is 2.03. The van der Waals surface area contributed by atoms with E-state index in [1.165, 1.54) is 24.3 Å². The average molecular weight is 170 g/mol. The van der Waals surface area contributed by atoms with Crippen LogP contribution in [0.3, 0.4) is 0 Å². The van der Waals surface area contributed by atoms with Crippen molar-refractivity contribution in [1.29, 1.82) is 0 Å². The number of halogens is 2. The van der Waals surface area contributed by atoms with E-state index in [2.05, 4.69) is 0 Å². The van der Waals surface area contributed by atoms with Crippen LogP contribution in [0.25, 0.3) is 6.08 Å². The van der Waals surface area contributed by atoms with Crippen LogP contribution in [0.15, 0.2) is 24.3 Å². The Bertz CT molecular complexity index is 295. The quantitative estimate of drug-likeness (QED) is 0.719. The van der Waals surface area contributed by atoms with Crippen molar-refractivity contribution in [3.8, 4) is 0 Å². The van der Waals surface area contributed by atoms with Gasteiger partial charge in [0.25, 0.3) is 0 Å². The fourth-order valence-corrected chi connectivity index (χ4v) is 0.829. The zero-order valence-electron chi connectivity index (χ0n) is 6.30. The molecular formula is C9H8F2O. The van der Waals surface area contributed by atoms with Gasteiger partial charge >= 0.3 is 0 Å². The van der Waals surface area contributed by atoms with Gasteiger partial charge in [-0.25, -0.2) is 8.78 Å². The van der Waals surface area contributed by atoms with Crippen LogP contribution < -0.4 is 0 Å². The minimum absolute atomic E-state index is 0.143. The molecule has 1 aromatic rings. The minimum atomic E-state index is -0.887. The molecule has 1 aromatic carbocycles. The molecule has 1 N–H and O–H groups in total. The van der Waals surface area contributed by atoms with Crippen molar-refractivity contribution in [2.45, 2.75) is 0 Å². The van der Waals surface area contributed by atoms with Crippen molar-refractivity contribution in [2.75, 3.05) is 6.61 Å². The first-order valence-electron chi connectivity index (χ1n) is 3.47. The van der Waals surface area contributed by atoms with Gasteiger partial charge in [0.2, 0.25) is 0 Å². The molecule has 0 fully saturated rings. The Labute approximate surface area is 69.0 Å². The second kappa shape index (κ2) is 3.97. The second-order valence-corrected chi connectivity index (χ2v) is 2.23. The van der Waals surface area contributed by atoms with E-state index in [0.29, 0.717) is 0 Å². The third kappa shape index (κ3) is 1.89. The van der Waals surface area contributed by atoms with Gasteiger partial charge in [-0.2, -0.15) is 0 Å². The number of benzene rings is 1. The highest BCUT2D eigenvalue weighted by atomic mass is 19.2. The molecule has 0 heterocycles. The molecule has 0 aliphatic carbocycles. The molecule has 1 nitrogen and oxygen atoms in total. The maximum atomic E-state index is 12.8. The molecule has 12 heavy (non-hydrogen) atoms. The average Bonchev–Trinajstić information content (AvgIpc) is 2.08. The van der Waals surface area contributed by atoms with Crippen LogP contribution in [0.5, 0.6) is 0 Å². The minimum Gasteiger partial charge on any atom is -0.392 e. The van der Waals surface area contributed by atoms with Crippen molar-refractivity contribution in [1.82, 2.24) is 0 Å². The highest BCUT2D eigenvalue weighted by molar-refractivity contribution is 5.49. The highest BCUT2D eigenvalue weighted by Crippen LogP contribution is 2.12. The van der Waals surface area contributed by atoms with Crippen LogP contribution in [-0.4, -0.2) is 11.7 Å². The third-order valence-electron chi connectivity index (χ3n) is 1.38. The third-order valence-corrected chi connectivity index (χ3v) is 1.38. The predicted molar refractivity (Wildman–Crippen MR) is 42.5 cm³/mol. The van der Waals surface area contributed by atoms with Crippen LogP contribution >= 0.6 is 0 Å². The van der Waals surface area contributed by atoms with Crippen LogP contribution in [0.2, 0.25) is 0 Å². The zero-order valence-corrected chi connectivity index (χ0v) is 6.30. The van der Waals surface area contributed by atoms with E-state index in [0.717, 1.165) is 6.07 Å². The monoisotopic (exact) mass is 170 g/mol. The molecule has 0 atom stereocenters. The van der Waals surface area contributed by atoms with Gasteiger partial charge in [-0.05, 0) is 6.07 Å². The van der Waals surface area contributed by atoms with Crippen molar-refractivity contribution < 1.29 is 13.9 Å². The molecule has 3 heteroatoms. The molecule has 0 unspecified atom stereocenters. The van der Waals surface area contributed by atoms with Crippen molar-refractivity contribution in [2.24, 2.45) is 0 Å². The van der Waals surface area contributed by atoms with Crippen LogP contribution in [0.4, 0.5) is 8.78 Å². The molecule has 0 radical (unpaired) electrons. The molecule has 0 amide bonds. The van der Waals surface area contributed by atoms with Gasteiger partial charge < -0.3 is 5.11 Å². The van der Waals surface area contributed by atoms with E-state index in [1.807, 2.05) is 0 Å². The normalized spacial score (nSPS) is 10.9. The van der Waals surface area contributed by atoms with Gasteiger partial charge in [0, 0.05) is 5.56 Å². The first kappa shape index (κ1) is 8.87. The number of rotatable bonds is 2. The van der Waals surface area contributed by atoms with Crippen LogP contribution in [0.1, 0.15) is 5.56 Å². The topological polar surface area (TPSA) is 20.2 Å². The lowest BCUT2D eigenvalue weighted by Gasteiger charge is -1.96. The Morgan fingerprint density at radius 1 is 1.33 bits per heavy atom. The maximum Gasteiger partial charge on any atom is 0.166 e. The molecule has 0 saturated carbocycles. The zero-order chi connectivity index (χ0) is 8.97. The number of aliphatic hydroxyl groups is 1. The van der Waals surface area contributed by atoms with E-state index in [-0.39, 0.29) is 12.2 Å². The fraction of sp³-hybridized carbons (Fsp3) is 0.111. The summed E-state index contributed by atoms with van der Waals surface area (Å²) in [6.07, 6.45) is 2.68. The van der Waals surface area contributed by atoms with E-state index >= 15 is 0 Å². The molecule has 0 aromatic heterocycles. The molecule has 0 saturated heterocycles. The number of aliphatic hydroxyl groups excluding tert-OH is 1. The predicted octanol–water partition coefficient (Wildman–Crippen LogP) is 1.97. The molecule has 0 aliphatic rings. The summed E-state index contributed by atoms with van der Waals surface area (Å²) in [4.78, 5) is 0. The lowest BCUT2D eigenvalue weighted by Crippen LogP contribution is -1.87. The van der Waals surface area contributed by atoms with Gasteiger partial charge in [-0.1, -0.05) is 24.3 Å². The fourth-order valence-electron chi connectivity index (χ4n) is 0.829. The lowest BCUT2D eigenvalue weighted by atomic mass is 10.2. The van der Waals surface area contributed by atoms with Crippen LogP contribution in [0, 0.1) is 11.6 Å². The Hall–Kier alpha value is -1.22. The summed E-state index contributed by atoms with van der Waals surface area (Å²) in [6, 6.07) is 3.89. The SMILES string of the molecule is OC/C=C/c1cccc(F)c1F. The summed E-state index contributed by atoms with van der Waals surface area (Å²) in [5.41, 5.74) is 0.143. The standard InChI is InChI=1S/C9H8F2O/c10-8-5-1-3-7(9(8)11)4-2-6-12/h1-5,12H,6H2/b4-2+. The Kier molecular flexibility index (Phi) is 2.94. The summed E-state index contributed by atoms with van der Waals surface area (Å²) in [5, 5.41) is 8.38. The maximum absolute atomic E-state index is 12.8. The van der Waals surface area contributed by atoms with Gasteiger partial charge in [0.15, 0.2) is 11.6 Å². The van der Waals surface area contributed by atoms with Gasteiger partial charge in [-0.15, -0.1) is 0 Å². The summed E-state index contributed by atoms with van der Waals surface area (Å²) < 4.78 is 25.4. The molecule has 1 rings (SSSR count). The van der Waals surface area contributed by atoms with E-state index in [4.69, 9.17) is 5.11 Å². The van der Waals surface area contributed by atoms with E-state index in [9.17, 15) is 8.78 Å². The largest absolute Gasteiger partial charge is 0.392 e. The van der Waals surface area contributed by atoms with E-state index < -0.39 is 11.6 Å². The lowest BCUT2D eigenvalue weighted by molar-refractivity contribution is 0.343. The summed E-state index contributed by atoms with van der Waals surface area (Å²) >= 11 is 0. The number of hydrogen-bond donors (Lipinski definition) is 1. The smallest absolute Gasteiger partial charge is 0.166 e. The Morgan fingerprint density at radius 3 is 2.75 bits per heavy atom. The molecule has 0 aliphatic heterocycles. The van der Waals surface area contributed by atoms with Crippen molar-refractivity contribution in [3.05, 3.63) is 41.5 Å². The Balaban J connectivity index is 3.00. The Morgan fingerprint density at radius 2 is 2.08 bits per heavy atom. The van der Waals surface area contributed by atoms with Gasteiger partial charge in [0.05, 0.1) is 6.61 Å². The first-order valence-corrected chi connectivity index (χ1v) is 3.47. The van der Waals surface area contributed by atoms with Gasteiger partial charge in [-0.3, -0.25) is 0 Å². The van der Waals surface area contributed by atoms with Crippen molar-refractivity contribution in [3.63, 3.8) is 0 Å². The summed E-state index contributed by atoms with van der Waals surface area (Å²) in [5.74, 6) is -1.77. The van der Waals surface area contributed by atoms with E-state index in [1.54, 1.807) is 0 Å².